The van der Waals surface area contributed by atoms with E-state index >= 15 is 0 Å². The van der Waals surface area contributed by atoms with Gasteiger partial charge in [-0.3, -0.25) is 10.1 Å². The fraction of sp³-hybridized carbons (Fsp3) is 0.583. The molecule has 0 aliphatic carbocycles. The third-order valence-electron chi connectivity index (χ3n) is 2.83. The summed E-state index contributed by atoms with van der Waals surface area (Å²) >= 11 is 0. The predicted octanol–water partition coefficient (Wildman–Crippen LogP) is 1.86. The van der Waals surface area contributed by atoms with Crippen molar-refractivity contribution in [3.8, 4) is 0 Å². The van der Waals surface area contributed by atoms with Gasteiger partial charge in [0, 0.05) is 12.6 Å². The summed E-state index contributed by atoms with van der Waals surface area (Å²) < 4.78 is 11.1. The highest BCUT2D eigenvalue weighted by atomic mass is 16.7. The molecule has 19 heavy (non-hydrogen) atoms. The lowest BCUT2D eigenvalue weighted by Crippen LogP contribution is -2.26. The van der Waals surface area contributed by atoms with E-state index in [4.69, 9.17) is 9.47 Å². The molecule has 1 aliphatic rings. The second-order valence-electron chi connectivity index (χ2n) is 4.89. The highest BCUT2D eigenvalue weighted by Crippen LogP contribution is 2.23. The molecule has 1 N–H and O–H groups in total. The van der Waals surface area contributed by atoms with Crippen molar-refractivity contribution in [1.29, 1.82) is 0 Å². The van der Waals surface area contributed by atoms with E-state index in [2.05, 4.69) is 10.3 Å². The molecule has 1 aromatic heterocycles. The normalized spacial score (nSPS) is 21.3. The molecule has 0 spiro atoms. The van der Waals surface area contributed by atoms with Gasteiger partial charge in [-0.05, 0) is 26.8 Å². The van der Waals surface area contributed by atoms with Crippen LogP contribution in [-0.2, 0) is 9.47 Å². The summed E-state index contributed by atoms with van der Waals surface area (Å²) in [5, 5.41) is 13.8. The second-order valence-corrected chi connectivity index (χ2v) is 4.89. The van der Waals surface area contributed by atoms with E-state index in [0.717, 1.165) is 0 Å². The molecule has 0 saturated carbocycles. The Kier molecular flexibility index (Phi) is 3.68. The quantitative estimate of drug-likeness (QED) is 0.662. The van der Waals surface area contributed by atoms with Crippen molar-refractivity contribution in [3.05, 3.63) is 27.9 Å². The molecule has 0 amide bonds. The van der Waals surface area contributed by atoms with Crippen LogP contribution in [0.3, 0.4) is 0 Å². The maximum atomic E-state index is 10.7. The van der Waals surface area contributed by atoms with Gasteiger partial charge in [0.05, 0.1) is 11.5 Å². The van der Waals surface area contributed by atoms with Crippen LogP contribution in [0.1, 0.15) is 19.5 Å². The monoisotopic (exact) mass is 267 g/mol. The molecule has 1 atom stereocenters. The van der Waals surface area contributed by atoms with Crippen LogP contribution in [0.15, 0.2) is 12.1 Å². The van der Waals surface area contributed by atoms with E-state index in [1.54, 1.807) is 13.0 Å². The highest BCUT2D eigenvalue weighted by molar-refractivity contribution is 5.44. The number of aromatic nitrogens is 1. The number of nitrogens with one attached hydrogen (secondary N) is 1. The molecule has 0 bridgehead atoms. The summed E-state index contributed by atoms with van der Waals surface area (Å²) in [6.45, 7) is 6.41. The Balaban J connectivity index is 1.94. The van der Waals surface area contributed by atoms with Crippen LogP contribution in [-0.4, -0.2) is 35.0 Å². The molecule has 1 fully saturated rings. The van der Waals surface area contributed by atoms with Crippen molar-refractivity contribution in [2.75, 3.05) is 18.5 Å². The molecule has 1 aliphatic heterocycles. The van der Waals surface area contributed by atoms with Gasteiger partial charge in [-0.1, -0.05) is 0 Å². The van der Waals surface area contributed by atoms with Crippen LogP contribution < -0.4 is 5.32 Å². The molecule has 1 saturated heterocycles. The number of nitro groups is 1. The third-order valence-corrected chi connectivity index (χ3v) is 2.83. The Labute approximate surface area is 111 Å². The van der Waals surface area contributed by atoms with Crippen molar-refractivity contribution in [2.24, 2.45) is 0 Å². The Morgan fingerprint density at radius 1 is 1.58 bits per heavy atom. The van der Waals surface area contributed by atoms with Gasteiger partial charge in [0.2, 0.25) is 0 Å². The van der Waals surface area contributed by atoms with E-state index in [0.29, 0.717) is 24.7 Å². The number of ether oxygens (including phenoxy) is 2. The van der Waals surface area contributed by atoms with Crippen LogP contribution >= 0.6 is 0 Å². The average molecular weight is 267 g/mol. The van der Waals surface area contributed by atoms with E-state index in [1.807, 2.05) is 13.8 Å². The number of hydrogen-bond donors (Lipinski definition) is 1. The maximum absolute atomic E-state index is 10.7. The zero-order valence-corrected chi connectivity index (χ0v) is 11.2. The Morgan fingerprint density at radius 2 is 2.32 bits per heavy atom. The lowest BCUT2D eigenvalue weighted by Gasteiger charge is -2.17. The van der Waals surface area contributed by atoms with Gasteiger partial charge in [-0.25, -0.2) is 4.98 Å². The summed E-state index contributed by atoms with van der Waals surface area (Å²) in [4.78, 5) is 14.4. The number of nitrogens with zero attached hydrogens (tertiary/aromatic N) is 2. The molecule has 7 nitrogen and oxygen atoms in total. The minimum Gasteiger partial charge on any atom is -0.367 e. The van der Waals surface area contributed by atoms with Crippen LogP contribution in [0.2, 0.25) is 0 Å². The zero-order chi connectivity index (χ0) is 14.0. The first kappa shape index (κ1) is 13.7. The molecule has 1 unspecified atom stereocenters. The Morgan fingerprint density at radius 3 is 2.84 bits per heavy atom. The van der Waals surface area contributed by atoms with Crippen LogP contribution in [0.4, 0.5) is 11.5 Å². The SMILES string of the molecule is Cc1nc(NCC2COC(C)(C)O2)ccc1[N+](=O)[O-]. The summed E-state index contributed by atoms with van der Waals surface area (Å²) in [6.07, 6.45) is -0.0488. The fourth-order valence-corrected chi connectivity index (χ4v) is 1.93. The van der Waals surface area contributed by atoms with Crippen molar-refractivity contribution < 1.29 is 14.4 Å². The van der Waals surface area contributed by atoms with Crippen molar-refractivity contribution in [2.45, 2.75) is 32.7 Å². The van der Waals surface area contributed by atoms with Crippen LogP contribution in [0, 0.1) is 17.0 Å². The highest BCUT2D eigenvalue weighted by Gasteiger charge is 2.32. The zero-order valence-electron chi connectivity index (χ0n) is 11.2. The van der Waals surface area contributed by atoms with Crippen molar-refractivity contribution in [1.82, 2.24) is 4.98 Å². The van der Waals surface area contributed by atoms with E-state index < -0.39 is 10.7 Å². The number of pyridine rings is 1. The first-order valence-electron chi connectivity index (χ1n) is 6.05. The summed E-state index contributed by atoms with van der Waals surface area (Å²) in [7, 11) is 0. The number of rotatable bonds is 4. The van der Waals surface area contributed by atoms with Gasteiger partial charge in [0.15, 0.2) is 5.79 Å². The van der Waals surface area contributed by atoms with Gasteiger partial charge in [0.1, 0.15) is 17.6 Å². The molecule has 2 rings (SSSR count). The van der Waals surface area contributed by atoms with Crippen molar-refractivity contribution >= 4 is 11.5 Å². The lowest BCUT2D eigenvalue weighted by molar-refractivity contribution is -0.385. The standard InChI is InChI=1S/C12H17N3O4/c1-8-10(15(16)17)4-5-11(14-8)13-6-9-7-18-12(2,3)19-9/h4-5,9H,6-7H2,1-3H3,(H,13,14). The number of aryl methyl sites for hydroxylation is 1. The van der Waals surface area contributed by atoms with Gasteiger partial charge in [-0.2, -0.15) is 0 Å². The molecular weight excluding hydrogens is 250 g/mol. The molecule has 104 valence electrons. The van der Waals surface area contributed by atoms with Gasteiger partial charge in [0.25, 0.3) is 5.69 Å². The molecule has 1 aromatic rings. The molecule has 2 heterocycles. The first-order chi connectivity index (χ1) is 8.87. The fourth-order valence-electron chi connectivity index (χ4n) is 1.93. The first-order valence-corrected chi connectivity index (χ1v) is 6.05. The molecular formula is C12H17N3O4. The predicted molar refractivity (Wildman–Crippen MR) is 69.0 cm³/mol. The Bertz CT molecular complexity index is 490. The van der Waals surface area contributed by atoms with E-state index in [1.165, 1.54) is 6.07 Å². The van der Waals surface area contributed by atoms with Gasteiger partial charge >= 0.3 is 0 Å². The number of hydrogen-bond acceptors (Lipinski definition) is 6. The third kappa shape index (κ3) is 3.39. The van der Waals surface area contributed by atoms with Crippen LogP contribution in [0.5, 0.6) is 0 Å². The lowest BCUT2D eigenvalue weighted by atomic mass is 10.3. The van der Waals surface area contributed by atoms with E-state index in [-0.39, 0.29) is 11.8 Å². The maximum Gasteiger partial charge on any atom is 0.290 e. The largest absolute Gasteiger partial charge is 0.367 e. The minimum absolute atomic E-state index is 0.0205. The smallest absolute Gasteiger partial charge is 0.290 e. The van der Waals surface area contributed by atoms with Gasteiger partial charge in [-0.15, -0.1) is 0 Å². The Hall–Kier alpha value is -1.73. The molecule has 0 radical (unpaired) electrons. The summed E-state index contributed by atoms with van der Waals surface area (Å²) in [5.41, 5.74) is 0.408. The average Bonchev–Trinajstić information content (AvgIpc) is 2.66. The second kappa shape index (κ2) is 5.10. The topological polar surface area (TPSA) is 86.5 Å². The van der Waals surface area contributed by atoms with Gasteiger partial charge < -0.3 is 14.8 Å². The molecule has 0 aromatic carbocycles. The number of anilines is 1. The van der Waals surface area contributed by atoms with Crippen molar-refractivity contribution in [3.63, 3.8) is 0 Å². The minimum atomic E-state index is -0.550. The summed E-state index contributed by atoms with van der Waals surface area (Å²) in [6, 6.07) is 3.03. The van der Waals surface area contributed by atoms with E-state index in [9.17, 15) is 10.1 Å². The summed E-state index contributed by atoms with van der Waals surface area (Å²) in [5.74, 6) is 0.0435. The van der Waals surface area contributed by atoms with Crippen LogP contribution in [0.25, 0.3) is 0 Å². The molecule has 7 heteroatoms.